The normalized spacial score (nSPS) is 17.1. The number of nitrogens with zero attached hydrogens (tertiary/aromatic N) is 3. The van der Waals surface area contributed by atoms with Crippen LogP contribution in [-0.2, 0) is 11.3 Å². The molecule has 1 atom stereocenters. The van der Waals surface area contributed by atoms with Crippen molar-refractivity contribution in [3.8, 4) is 5.69 Å². The average Bonchev–Trinajstić information content (AvgIpc) is 3.11. The molecule has 1 aliphatic heterocycles. The van der Waals surface area contributed by atoms with E-state index in [1.807, 2.05) is 36.3 Å². The first-order valence-corrected chi connectivity index (χ1v) is 9.29. The van der Waals surface area contributed by atoms with E-state index in [0.717, 1.165) is 37.3 Å². The fourth-order valence-electron chi connectivity index (χ4n) is 3.25. The fourth-order valence-corrected chi connectivity index (χ4v) is 3.25. The lowest BCUT2D eigenvalue weighted by Crippen LogP contribution is -2.38. The van der Waals surface area contributed by atoms with E-state index in [1.165, 1.54) is 12.0 Å². The van der Waals surface area contributed by atoms with Crippen molar-refractivity contribution in [1.82, 2.24) is 20.0 Å². The fraction of sp³-hybridized carbons (Fsp3) is 0.500. The van der Waals surface area contributed by atoms with E-state index in [1.54, 1.807) is 4.90 Å². The van der Waals surface area contributed by atoms with Gasteiger partial charge in [-0.15, -0.1) is 0 Å². The summed E-state index contributed by atoms with van der Waals surface area (Å²) >= 11 is 0. The predicted molar refractivity (Wildman–Crippen MR) is 101 cm³/mol. The Kier molecular flexibility index (Phi) is 6.28. The minimum atomic E-state index is -0.0509. The standard InChI is InChI=1S/C20H28N4O2/c1-16-5-3-7-19(11-16)24-14-18(12-22-24)13-23(2)20(25)21-9-8-17-6-4-10-26-15-17/h3,5,7,11-12,14,17H,4,6,8-10,13,15H2,1-2H3,(H,21,25). The van der Waals surface area contributed by atoms with Gasteiger partial charge in [0.15, 0.2) is 0 Å². The average molecular weight is 356 g/mol. The molecule has 1 N–H and O–H groups in total. The smallest absolute Gasteiger partial charge is 0.317 e. The Morgan fingerprint density at radius 2 is 2.35 bits per heavy atom. The summed E-state index contributed by atoms with van der Waals surface area (Å²) in [5.74, 6) is 0.571. The molecule has 0 radical (unpaired) electrons. The third-order valence-corrected chi connectivity index (χ3v) is 4.75. The van der Waals surface area contributed by atoms with Gasteiger partial charge in [-0.2, -0.15) is 5.10 Å². The summed E-state index contributed by atoms with van der Waals surface area (Å²) in [6, 6.07) is 8.14. The number of rotatable bonds is 6. The lowest BCUT2D eigenvalue weighted by molar-refractivity contribution is 0.0519. The topological polar surface area (TPSA) is 59.4 Å². The van der Waals surface area contributed by atoms with E-state index in [-0.39, 0.29) is 6.03 Å². The van der Waals surface area contributed by atoms with Gasteiger partial charge < -0.3 is 15.0 Å². The molecule has 6 heteroatoms. The second-order valence-corrected chi connectivity index (χ2v) is 7.09. The maximum absolute atomic E-state index is 12.3. The van der Waals surface area contributed by atoms with E-state index >= 15 is 0 Å². The largest absolute Gasteiger partial charge is 0.381 e. The number of carbonyl (C=O) groups is 1. The van der Waals surface area contributed by atoms with Crippen LogP contribution in [0.2, 0.25) is 0 Å². The lowest BCUT2D eigenvalue weighted by atomic mass is 9.99. The number of benzene rings is 1. The van der Waals surface area contributed by atoms with E-state index in [4.69, 9.17) is 4.74 Å². The number of aromatic nitrogens is 2. The number of urea groups is 1. The minimum absolute atomic E-state index is 0.0509. The van der Waals surface area contributed by atoms with Crippen LogP contribution in [0.25, 0.3) is 5.69 Å². The number of amides is 2. The first-order chi connectivity index (χ1) is 12.6. The van der Waals surface area contributed by atoms with Crippen molar-refractivity contribution in [1.29, 1.82) is 0 Å². The highest BCUT2D eigenvalue weighted by Gasteiger charge is 2.15. The first-order valence-electron chi connectivity index (χ1n) is 9.29. The highest BCUT2D eigenvalue weighted by atomic mass is 16.5. The number of carbonyl (C=O) groups excluding carboxylic acids is 1. The van der Waals surface area contributed by atoms with E-state index < -0.39 is 0 Å². The Balaban J connectivity index is 1.46. The molecule has 2 heterocycles. The SMILES string of the molecule is Cc1cccc(-n2cc(CN(C)C(=O)NCCC3CCCOC3)cn2)c1. The molecule has 6 nitrogen and oxygen atoms in total. The maximum Gasteiger partial charge on any atom is 0.317 e. The molecule has 1 unspecified atom stereocenters. The van der Waals surface area contributed by atoms with Gasteiger partial charge in [0.05, 0.1) is 18.4 Å². The zero-order chi connectivity index (χ0) is 18.4. The van der Waals surface area contributed by atoms with Gasteiger partial charge in [0.2, 0.25) is 0 Å². The van der Waals surface area contributed by atoms with Crippen LogP contribution >= 0.6 is 0 Å². The first kappa shape index (κ1) is 18.5. The Hall–Kier alpha value is -2.34. The zero-order valence-corrected chi connectivity index (χ0v) is 15.6. The van der Waals surface area contributed by atoms with E-state index in [0.29, 0.717) is 19.0 Å². The second-order valence-electron chi connectivity index (χ2n) is 7.09. The summed E-state index contributed by atoms with van der Waals surface area (Å²) in [6.07, 6.45) is 7.08. The summed E-state index contributed by atoms with van der Waals surface area (Å²) in [7, 11) is 1.81. The summed E-state index contributed by atoms with van der Waals surface area (Å²) in [6.45, 7) is 4.99. The molecule has 1 aromatic heterocycles. The van der Waals surface area contributed by atoms with Crippen LogP contribution < -0.4 is 5.32 Å². The van der Waals surface area contributed by atoms with E-state index in [2.05, 4.69) is 29.5 Å². The molecule has 2 aromatic rings. The van der Waals surface area contributed by atoms with Crippen molar-refractivity contribution in [2.24, 2.45) is 5.92 Å². The molecule has 0 bridgehead atoms. The van der Waals surface area contributed by atoms with Crippen molar-refractivity contribution >= 4 is 6.03 Å². The highest BCUT2D eigenvalue weighted by molar-refractivity contribution is 5.73. The summed E-state index contributed by atoms with van der Waals surface area (Å²) < 4.78 is 7.32. The molecule has 1 aromatic carbocycles. The third kappa shape index (κ3) is 5.08. The Morgan fingerprint density at radius 1 is 1.46 bits per heavy atom. The van der Waals surface area contributed by atoms with Crippen LogP contribution in [0.4, 0.5) is 4.79 Å². The molecule has 1 saturated heterocycles. The van der Waals surface area contributed by atoms with Gasteiger partial charge in [-0.1, -0.05) is 12.1 Å². The van der Waals surface area contributed by atoms with Crippen LogP contribution in [0.5, 0.6) is 0 Å². The molecule has 26 heavy (non-hydrogen) atoms. The number of aryl methyl sites for hydroxylation is 1. The molecule has 3 rings (SSSR count). The Labute approximate surface area is 155 Å². The van der Waals surface area contributed by atoms with Crippen molar-refractivity contribution in [3.63, 3.8) is 0 Å². The van der Waals surface area contributed by atoms with Crippen LogP contribution in [0.15, 0.2) is 36.7 Å². The van der Waals surface area contributed by atoms with Crippen molar-refractivity contribution in [2.75, 3.05) is 26.8 Å². The highest BCUT2D eigenvalue weighted by Crippen LogP contribution is 2.16. The van der Waals surface area contributed by atoms with Gasteiger partial charge in [-0.05, 0) is 49.8 Å². The number of ether oxygens (including phenoxy) is 1. The second kappa shape index (κ2) is 8.85. The van der Waals surface area contributed by atoms with Crippen LogP contribution in [0.3, 0.4) is 0 Å². The molecule has 1 fully saturated rings. The third-order valence-electron chi connectivity index (χ3n) is 4.75. The van der Waals surface area contributed by atoms with Crippen LogP contribution in [0.1, 0.15) is 30.4 Å². The van der Waals surface area contributed by atoms with Gasteiger partial charge in [0.1, 0.15) is 0 Å². The van der Waals surface area contributed by atoms with Gasteiger partial charge in [0, 0.05) is 38.6 Å². The molecule has 2 amide bonds. The van der Waals surface area contributed by atoms with Gasteiger partial charge >= 0.3 is 6.03 Å². The summed E-state index contributed by atoms with van der Waals surface area (Å²) in [4.78, 5) is 14.0. The predicted octanol–water partition coefficient (Wildman–Crippen LogP) is 3.14. The van der Waals surface area contributed by atoms with E-state index in [9.17, 15) is 4.79 Å². The Morgan fingerprint density at radius 3 is 3.12 bits per heavy atom. The lowest BCUT2D eigenvalue weighted by Gasteiger charge is -2.23. The monoisotopic (exact) mass is 356 g/mol. The zero-order valence-electron chi connectivity index (χ0n) is 15.6. The number of nitrogens with one attached hydrogen (secondary N) is 1. The van der Waals surface area contributed by atoms with Crippen molar-refractivity contribution in [2.45, 2.75) is 32.7 Å². The minimum Gasteiger partial charge on any atom is -0.381 e. The number of hydrogen-bond acceptors (Lipinski definition) is 3. The molecule has 0 aliphatic carbocycles. The van der Waals surface area contributed by atoms with Crippen LogP contribution in [0, 0.1) is 12.8 Å². The van der Waals surface area contributed by atoms with Gasteiger partial charge in [-0.3, -0.25) is 0 Å². The number of hydrogen-bond donors (Lipinski definition) is 1. The molecule has 140 valence electrons. The molecular formula is C20H28N4O2. The van der Waals surface area contributed by atoms with Gasteiger partial charge in [-0.25, -0.2) is 9.48 Å². The summed E-state index contributed by atoms with van der Waals surface area (Å²) in [5.41, 5.74) is 3.22. The van der Waals surface area contributed by atoms with Crippen molar-refractivity contribution in [3.05, 3.63) is 47.8 Å². The maximum atomic E-state index is 12.3. The molecule has 0 saturated carbocycles. The summed E-state index contributed by atoms with van der Waals surface area (Å²) in [5, 5.41) is 7.41. The molecular weight excluding hydrogens is 328 g/mol. The van der Waals surface area contributed by atoms with Crippen molar-refractivity contribution < 1.29 is 9.53 Å². The van der Waals surface area contributed by atoms with Crippen LogP contribution in [-0.4, -0.2) is 47.5 Å². The van der Waals surface area contributed by atoms with Gasteiger partial charge in [0.25, 0.3) is 0 Å². The molecule has 1 aliphatic rings. The molecule has 0 spiro atoms. The quantitative estimate of drug-likeness (QED) is 0.865. The Bertz CT molecular complexity index is 722.